The minimum Gasteiger partial charge on any atom is -0.493 e. The van der Waals surface area contributed by atoms with E-state index in [-0.39, 0.29) is 17.4 Å². The van der Waals surface area contributed by atoms with Crippen LogP contribution in [0.3, 0.4) is 0 Å². The Morgan fingerprint density at radius 3 is 2.74 bits per heavy atom. The molecule has 1 aromatic rings. The van der Waals surface area contributed by atoms with Crippen molar-refractivity contribution in [2.24, 2.45) is 5.73 Å². The third-order valence-electron chi connectivity index (χ3n) is 2.31. The Bertz CT molecular complexity index is 427. The zero-order valence-electron chi connectivity index (χ0n) is 10.5. The lowest BCUT2D eigenvalue weighted by Gasteiger charge is -2.11. The normalized spacial score (nSPS) is 10.4. The van der Waals surface area contributed by atoms with Gasteiger partial charge in [0.05, 0.1) is 7.11 Å². The summed E-state index contributed by atoms with van der Waals surface area (Å²) in [4.78, 5) is 11.7. The summed E-state index contributed by atoms with van der Waals surface area (Å²) in [7, 11) is 1.31. The molecule has 0 heterocycles. The lowest BCUT2D eigenvalue weighted by atomic mass is 10.2. The third-order valence-corrected chi connectivity index (χ3v) is 2.31. The van der Waals surface area contributed by atoms with Crippen molar-refractivity contribution in [1.29, 1.82) is 0 Å². The average molecular weight is 274 g/mol. The Morgan fingerprint density at radius 2 is 2.16 bits per heavy atom. The summed E-state index contributed by atoms with van der Waals surface area (Å²) in [5.74, 6) is -0.363. The van der Waals surface area contributed by atoms with E-state index in [1.807, 2.05) is 0 Å². The van der Waals surface area contributed by atoms with Crippen molar-refractivity contribution in [3.05, 3.63) is 23.8 Å². The van der Waals surface area contributed by atoms with Crippen LogP contribution in [0.15, 0.2) is 18.2 Å². The molecule has 19 heavy (non-hydrogen) atoms. The number of hydrogen-bond acceptors (Lipinski definition) is 4. The van der Waals surface area contributed by atoms with Gasteiger partial charge in [-0.1, -0.05) is 0 Å². The first-order valence-corrected chi connectivity index (χ1v) is 5.69. The molecular formula is C12H16F2N2O3. The fourth-order valence-corrected chi connectivity index (χ4v) is 1.41. The lowest BCUT2D eigenvalue weighted by molar-refractivity contribution is -0.0512. The van der Waals surface area contributed by atoms with Gasteiger partial charge in [-0.05, 0) is 31.2 Å². The first-order chi connectivity index (χ1) is 9.08. The van der Waals surface area contributed by atoms with E-state index >= 15 is 0 Å². The molecule has 1 rings (SSSR count). The van der Waals surface area contributed by atoms with Gasteiger partial charge < -0.3 is 20.5 Å². The third kappa shape index (κ3) is 4.70. The van der Waals surface area contributed by atoms with Gasteiger partial charge in [-0.3, -0.25) is 4.79 Å². The van der Waals surface area contributed by atoms with Crippen molar-refractivity contribution in [2.75, 3.05) is 20.2 Å². The van der Waals surface area contributed by atoms with E-state index in [2.05, 4.69) is 10.1 Å². The molecule has 0 atom stereocenters. The molecule has 1 aromatic carbocycles. The lowest BCUT2D eigenvalue weighted by Crippen LogP contribution is -2.25. The summed E-state index contributed by atoms with van der Waals surface area (Å²) in [5.41, 5.74) is 5.61. The summed E-state index contributed by atoms with van der Waals surface area (Å²) in [6.07, 6.45) is 0.662. The monoisotopic (exact) mass is 274 g/mol. The highest BCUT2D eigenvalue weighted by Crippen LogP contribution is 2.29. The van der Waals surface area contributed by atoms with Crippen LogP contribution in [-0.2, 0) is 0 Å². The summed E-state index contributed by atoms with van der Waals surface area (Å²) < 4.78 is 33.4. The molecule has 0 radical (unpaired) electrons. The highest BCUT2D eigenvalue weighted by atomic mass is 19.3. The van der Waals surface area contributed by atoms with E-state index in [0.29, 0.717) is 25.1 Å². The minimum atomic E-state index is -2.95. The first-order valence-electron chi connectivity index (χ1n) is 5.69. The van der Waals surface area contributed by atoms with Gasteiger partial charge in [0.2, 0.25) is 0 Å². The van der Waals surface area contributed by atoms with Crippen molar-refractivity contribution >= 4 is 5.91 Å². The van der Waals surface area contributed by atoms with Crippen LogP contribution in [0.5, 0.6) is 11.5 Å². The maximum absolute atomic E-state index is 12.1. The number of methoxy groups -OCH3 is 1. The topological polar surface area (TPSA) is 73.6 Å². The Balaban J connectivity index is 2.78. The number of nitrogens with one attached hydrogen (secondary N) is 1. The SMILES string of the molecule is COc1cc(C(=O)NCCCN)ccc1OC(F)F. The molecule has 0 aromatic heterocycles. The van der Waals surface area contributed by atoms with E-state index in [1.165, 1.54) is 25.3 Å². The summed E-state index contributed by atoms with van der Waals surface area (Å²) in [6.45, 7) is -2.02. The molecule has 0 spiro atoms. The number of hydrogen-bond donors (Lipinski definition) is 2. The molecule has 1 amide bonds. The van der Waals surface area contributed by atoms with Crippen LogP contribution in [-0.4, -0.2) is 32.7 Å². The second kappa shape index (κ2) is 7.52. The predicted molar refractivity (Wildman–Crippen MR) is 65.6 cm³/mol. The molecule has 5 nitrogen and oxygen atoms in total. The Morgan fingerprint density at radius 1 is 1.42 bits per heavy atom. The van der Waals surface area contributed by atoms with Crippen molar-refractivity contribution in [1.82, 2.24) is 5.32 Å². The number of halogens is 2. The molecule has 0 fully saturated rings. The predicted octanol–water partition coefficient (Wildman–Crippen LogP) is 1.38. The fraction of sp³-hybridized carbons (Fsp3) is 0.417. The van der Waals surface area contributed by atoms with Gasteiger partial charge >= 0.3 is 6.61 Å². The molecule has 0 aliphatic carbocycles. The molecule has 7 heteroatoms. The molecule has 0 aliphatic heterocycles. The molecule has 106 valence electrons. The van der Waals surface area contributed by atoms with Gasteiger partial charge in [-0.2, -0.15) is 8.78 Å². The van der Waals surface area contributed by atoms with Crippen molar-refractivity contribution in [3.8, 4) is 11.5 Å². The maximum atomic E-state index is 12.1. The number of amides is 1. The van der Waals surface area contributed by atoms with Crippen LogP contribution in [0.25, 0.3) is 0 Å². The van der Waals surface area contributed by atoms with Crippen LogP contribution in [0, 0.1) is 0 Å². The van der Waals surface area contributed by atoms with Gasteiger partial charge in [0.25, 0.3) is 5.91 Å². The second-order valence-electron chi connectivity index (χ2n) is 3.64. The van der Waals surface area contributed by atoms with E-state index in [1.54, 1.807) is 0 Å². The molecule has 3 N–H and O–H groups in total. The van der Waals surface area contributed by atoms with Gasteiger partial charge in [-0.15, -0.1) is 0 Å². The quantitative estimate of drug-likeness (QED) is 0.737. The van der Waals surface area contributed by atoms with Gasteiger partial charge in [0, 0.05) is 12.1 Å². The van der Waals surface area contributed by atoms with E-state index < -0.39 is 6.61 Å². The van der Waals surface area contributed by atoms with Gasteiger partial charge in [0.1, 0.15) is 0 Å². The fourth-order valence-electron chi connectivity index (χ4n) is 1.41. The van der Waals surface area contributed by atoms with Crippen LogP contribution in [0.1, 0.15) is 16.8 Å². The smallest absolute Gasteiger partial charge is 0.387 e. The highest BCUT2D eigenvalue weighted by molar-refractivity contribution is 5.94. The number of alkyl halides is 2. The van der Waals surface area contributed by atoms with Crippen molar-refractivity contribution in [3.63, 3.8) is 0 Å². The number of rotatable bonds is 7. The summed E-state index contributed by atoms with van der Waals surface area (Å²) >= 11 is 0. The molecule has 0 saturated carbocycles. The molecule has 0 saturated heterocycles. The number of benzene rings is 1. The first kappa shape index (κ1) is 15.2. The van der Waals surface area contributed by atoms with E-state index in [0.717, 1.165) is 0 Å². The number of carbonyl (C=O) groups is 1. The summed E-state index contributed by atoms with van der Waals surface area (Å²) in [5, 5.41) is 2.65. The van der Waals surface area contributed by atoms with Crippen LogP contribution < -0.4 is 20.5 Å². The number of carbonyl (C=O) groups excluding carboxylic acids is 1. The zero-order chi connectivity index (χ0) is 14.3. The van der Waals surface area contributed by atoms with Crippen molar-refractivity contribution in [2.45, 2.75) is 13.0 Å². The standard InChI is InChI=1S/C12H16F2N2O3/c1-18-10-7-8(11(17)16-6-2-5-15)3-4-9(10)19-12(13)14/h3-4,7,12H,2,5-6,15H2,1H3,(H,16,17). The average Bonchev–Trinajstić information content (AvgIpc) is 2.38. The number of ether oxygens (including phenoxy) is 2. The largest absolute Gasteiger partial charge is 0.493 e. The molecule has 0 aliphatic rings. The summed E-state index contributed by atoms with van der Waals surface area (Å²) in [6, 6.07) is 4.00. The maximum Gasteiger partial charge on any atom is 0.387 e. The molecular weight excluding hydrogens is 258 g/mol. The molecule has 0 unspecified atom stereocenters. The Kier molecular flexibility index (Phi) is 6.01. The van der Waals surface area contributed by atoms with E-state index in [9.17, 15) is 13.6 Å². The highest BCUT2D eigenvalue weighted by Gasteiger charge is 2.13. The zero-order valence-corrected chi connectivity index (χ0v) is 10.5. The minimum absolute atomic E-state index is 0.0757. The number of nitrogens with two attached hydrogens (primary N) is 1. The molecule has 0 bridgehead atoms. The van der Waals surface area contributed by atoms with Gasteiger partial charge in [-0.25, -0.2) is 0 Å². The van der Waals surface area contributed by atoms with Crippen LogP contribution >= 0.6 is 0 Å². The van der Waals surface area contributed by atoms with E-state index in [4.69, 9.17) is 10.5 Å². The van der Waals surface area contributed by atoms with Gasteiger partial charge in [0.15, 0.2) is 11.5 Å². The van der Waals surface area contributed by atoms with Crippen LogP contribution in [0.2, 0.25) is 0 Å². The van der Waals surface area contributed by atoms with Crippen LogP contribution in [0.4, 0.5) is 8.78 Å². The second-order valence-corrected chi connectivity index (χ2v) is 3.64. The van der Waals surface area contributed by atoms with Crippen molar-refractivity contribution < 1.29 is 23.0 Å². The Hall–Kier alpha value is -1.89. The Labute approximate surface area is 109 Å².